The Labute approximate surface area is 194 Å². The van der Waals surface area contributed by atoms with E-state index in [0.717, 1.165) is 46.9 Å². The van der Waals surface area contributed by atoms with Gasteiger partial charge in [-0.05, 0) is 67.8 Å². The van der Waals surface area contributed by atoms with Crippen molar-refractivity contribution in [3.8, 4) is 0 Å². The van der Waals surface area contributed by atoms with Crippen molar-refractivity contribution < 1.29 is 4.79 Å². The molecule has 0 aromatic carbocycles. The van der Waals surface area contributed by atoms with E-state index in [0.29, 0.717) is 11.6 Å². The first kappa shape index (κ1) is 23.8. The highest BCUT2D eigenvalue weighted by Gasteiger charge is 2.29. The molecule has 1 saturated carbocycles. The minimum absolute atomic E-state index is 0.0414. The zero-order chi connectivity index (χ0) is 23.6. The molecule has 0 atom stereocenters. The number of nitrogens with zero attached hydrogens (tertiary/aromatic N) is 4. The first-order valence-corrected chi connectivity index (χ1v) is 11.1. The number of aromatic nitrogens is 4. The number of pyridine rings is 2. The van der Waals surface area contributed by atoms with Gasteiger partial charge in [0.1, 0.15) is 18.0 Å². The van der Waals surface area contributed by atoms with Crippen LogP contribution in [0.25, 0.3) is 16.3 Å². The fraction of sp³-hybridized carbons (Fsp3) is 0.269. The highest BCUT2D eigenvalue weighted by molar-refractivity contribution is 5.98. The summed E-state index contributed by atoms with van der Waals surface area (Å²) in [5.74, 6) is 1.17. The molecule has 0 radical (unpaired) electrons. The molecule has 0 aliphatic heterocycles. The lowest BCUT2D eigenvalue weighted by Gasteiger charge is -2.11. The minimum atomic E-state index is 0.0414. The molecule has 0 bridgehead atoms. The topological polar surface area (TPSA) is 107 Å². The van der Waals surface area contributed by atoms with Crippen molar-refractivity contribution in [1.29, 1.82) is 0 Å². The highest BCUT2D eigenvalue weighted by Crippen LogP contribution is 2.31. The molecular weight excluding hydrogens is 412 g/mol. The molecule has 4 rings (SSSR count). The number of anilines is 2. The second kappa shape index (κ2) is 11.7. The summed E-state index contributed by atoms with van der Waals surface area (Å²) in [7, 11) is 0. The van der Waals surface area contributed by atoms with Crippen LogP contribution in [0.4, 0.5) is 11.6 Å². The number of amides is 1. The quantitative estimate of drug-likeness (QED) is 0.498. The number of nitrogen functional groups attached to an aromatic ring is 1. The average Bonchev–Trinajstić information content (AvgIpc) is 3.67. The minimum Gasteiger partial charge on any atom is -0.383 e. The number of allylic oxidation sites excluding steroid dienone is 6. The third-order valence-corrected chi connectivity index (χ3v) is 5.13. The molecule has 1 fully saturated rings. The van der Waals surface area contributed by atoms with E-state index in [1.807, 2.05) is 25.1 Å². The highest BCUT2D eigenvalue weighted by atomic mass is 16.2. The Balaban J connectivity index is 0.000000442. The fourth-order valence-corrected chi connectivity index (χ4v) is 3.22. The molecule has 0 unspecified atom stereocenters. The van der Waals surface area contributed by atoms with Crippen LogP contribution in [-0.4, -0.2) is 25.8 Å². The second-order valence-corrected chi connectivity index (χ2v) is 7.74. The lowest BCUT2D eigenvalue weighted by atomic mass is 10.0. The third-order valence-electron chi connectivity index (χ3n) is 5.13. The van der Waals surface area contributed by atoms with E-state index in [1.165, 1.54) is 6.33 Å². The van der Waals surface area contributed by atoms with Gasteiger partial charge in [-0.25, -0.2) is 19.9 Å². The lowest BCUT2D eigenvalue weighted by Crippen LogP contribution is -2.14. The van der Waals surface area contributed by atoms with Gasteiger partial charge in [0.2, 0.25) is 5.91 Å². The van der Waals surface area contributed by atoms with Crippen LogP contribution in [0, 0.1) is 5.92 Å². The van der Waals surface area contributed by atoms with E-state index in [9.17, 15) is 4.79 Å². The molecule has 1 aliphatic rings. The lowest BCUT2D eigenvalue weighted by molar-refractivity contribution is -0.117. The van der Waals surface area contributed by atoms with Gasteiger partial charge in [-0.3, -0.25) is 4.79 Å². The number of carbonyl (C=O) groups is 1. The Bertz CT molecular complexity index is 1150. The predicted molar refractivity (Wildman–Crippen MR) is 134 cm³/mol. The van der Waals surface area contributed by atoms with Crippen molar-refractivity contribution >= 4 is 33.9 Å². The molecule has 3 N–H and O–H groups in total. The molecule has 0 spiro atoms. The van der Waals surface area contributed by atoms with Crippen molar-refractivity contribution in [2.24, 2.45) is 5.92 Å². The van der Waals surface area contributed by atoms with Gasteiger partial charge in [0.25, 0.3) is 0 Å². The second-order valence-electron chi connectivity index (χ2n) is 7.74. The van der Waals surface area contributed by atoms with Crippen LogP contribution >= 0.6 is 0 Å². The van der Waals surface area contributed by atoms with Gasteiger partial charge in [-0.1, -0.05) is 31.2 Å². The molecule has 1 aliphatic carbocycles. The Morgan fingerprint density at radius 1 is 1.24 bits per heavy atom. The maximum absolute atomic E-state index is 12.0. The number of carbonyl (C=O) groups excluding carboxylic acids is 1. The van der Waals surface area contributed by atoms with Crippen molar-refractivity contribution in [1.82, 2.24) is 19.9 Å². The maximum Gasteiger partial charge on any atom is 0.228 e. The molecule has 3 aromatic heterocycles. The Hall–Kier alpha value is -3.87. The number of fused-ring (bicyclic) bond motifs is 1. The van der Waals surface area contributed by atoms with Crippen LogP contribution in [0.15, 0.2) is 73.0 Å². The smallest absolute Gasteiger partial charge is 0.228 e. The summed E-state index contributed by atoms with van der Waals surface area (Å²) in [6.45, 7) is 6.16. The molecule has 7 nitrogen and oxygen atoms in total. The number of hydrogen-bond acceptors (Lipinski definition) is 6. The molecular formula is C26H30N6O. The maximum atomic E-state index is 12.0. The predicted octanol–water partition coefficient (Wildman–Crippen LogP) is 5.35. The first-order chi connectivity index (χ1) is 16.0. The van der Waals surface area contributed by atoms with E-state index in [-0.39, 0.29) is 11.8 Å². The molecule has 0 saturated heterocycles. The van der Waals surface area contributed by atoms with Gasteiger partial charge in [0.15, 0.2) is 0 Å². The van der Waals surface area contributed by atoms with E-state index in [4.69, 9.17) is 5.73 Å². The molecule has 3 aromatic rings. The van der Waals surface area contributed by atoms with Crippen LogP contribution in [0.2, 0.25) is 0 Å². The Morgan fingerprint density at radius 2 is 2.00 bits per heavy atom. The molecule has 1 amide bonds. The van der Waals surface area contributed by atoms with Crippen LogP contribution in [0.1, 0.15) is 45.7 Å². The molecule has 3 heterocycles. The van der Waals surface area contributed by atoms with Crippen LogP contribution in [0.3, 0.4) is 0 Å². The van der Waals surface area contributed by atoms with Gasteiger partial charge in [0, 0.05) is 29.9 Å². The van der Waals surface area contributed by atoms with Crippen LogP contribution in [0.5, 0.6) is 0 Å². The summed E-state index contributed by atoms with van der Waals surface area (Å²) in [4.78, 5) is 28.2. The fourth-order valence-electron chi connectivity index (χ4n) is 3.22. The van der Waals surface area contributed by atoms with Crippen molar-refractivity contribution in [2.75, 3.05) is 11.1 Å². The number of hydrogen-bond donors (Lipinski definition) is 2. The van der Waals surface area contributed by atoms with E-state index in [2.05, 4.69) is 57.3 Å². The number of nitrogens with one attached hydrogen (secondary N) is 1. The normalized spacial score (nSPS) is 14.2. The van der Waals surface area contributed by atoms with Crippen molar-refractivity contribution in [3.05, 3.63) is 78.7 Å². The summed E-state index contributed by atoms with van der Waals surface area (Å²) >= 11 is 0. The van der Waals surface area contributed by atoms with E-state index >= 15 is 0 Å². The summed E-state index contributed by atoms with van der Waals surface area (Å²) in [6, 6.07) is 5.64. The Kier molecular flexibility index (Phi) is 8.41. The summed E-state index contributed by atoms with van der Waals surface area (Å²) in [5, 5.41) is 4.58. The zero-order valence-electron chi connectivity index (χ0n) is 19.3. The Morgan fingerprint density at radius 3 is 2.58 bits per heavy atom. The molecule has 7 heteroatoms. The van der Waals surface area contributed by atoms with E-state index in [1.54, 1.807) is 24.7 Å². The number of rotatable bonds is 6. The number of nitrogens with two attached hydrogens (primary N) is 1. The molecule has 170 valence electrons. The summed E-state index contributed by atoms with van der Waals surface area (Å²) < 4.78 is 0. The standard InChI is InChI=1S/C22H26N4O.C4H4N2/c1-4-6-7-8-14(3)17(5-2)19-11-16-12-20(26-22(27)15-9-10-15)24-13-18(16)21(23)25-19;1-2-5-4-6-3-1/h5-8,11-13,15H,4,9-10H2,1-3H3,(H2,23,25)(H,24,26,27);1-4H/b7-6+,14-8-,17-5+;. The zero-order valence-corrected chi connectivity index (χ0v) is 19.3. The monoisotopic (exact) mass is 442 g/mol. The third kappa shape index (κ3) is 6.80. The van der Waals surface area contributed by atoms with Crippen molar-refractivity contribution in [2.45, 2.75) is 40.0 Å². The summed E-state index contributed by atoms with van der Waals surface area (Å²) in [6.07, 6.45) is 17.7. The van der Waals surface area contributed by atoms with Gasteiger partial charge in [-0.15, -0.1) is 0 Å². The van der Waals surface area contributed by atoms with Crippen LogP contribution in [-0.2, 0) is 4.79 Å². The average molecular weight is 443 g/mol. The van der Waals surface area contributed by atoms with Gasteiger partial charge in [0.05, 0.1) is 5.69 Å². The van der Waals surface area contributed by atoms with E-state index < -0.39 is 0 Å². The van der Waals surface area contributed by atoms with Gasteiger partial charge >= 0.3 is 0 Å². The summed E-state index contributed by atoms with van der Waals surface area (Å²) in [5.41, 5.74) is 9.14. The van der Waals surface area contributed by atoms with Gasteiger partial charge in [-0.2, -0.15) is 0 Å². The van der Waals surface area contributed by atoms with Crippen LogP contribution < -0.4 is 11.1 Å². The van der Waals surface area contributed by atoms with Crippen molar-refractivity contribution in [3.63, 3.8) is 0 Å². The SMILES string of the molecule is C\C=C(/C(C)=C\C=C\CC)c1cc2cc(NC(=O)C3CC3)ncc2c(N)n1.c1cncnc1. The first-order valence-electron chi connectivity index (χ1n) is 11.1. The molecule has 33 heavy (non-hydrogen) atoms. The van der Waals surface area contributed by atoms with Gasteiger partial charge < -0.3 is 11.1 Å². The largest absolute Gasteiger partial charge is 0.383 e.